The summed E-state index contributed by atoms with van der Waals surface area (Å²) in [6.45, 7) is 1.94. The van der Waals surface area contributed by atoms with Gasteiger partial charge < -0.3 is 11.1 Å². The Hall–Kier alpha value is 0.608. The zero-order valence-electron chi connectivity index (χ0n) is 3.39. The molecule has 0 radical (unpaired) electrons. The van der Waals surface area contributed by atoms with Crippen molar-refractivity contribution < 1.29 is 21.1 Å². The Balaban J connectivity index is 0.000000250. The molecule has 1 unspecified atom stereocenters. The van der Waals surface area contributed by atoms with Gasteiger partial charge in [-0.3, -0.25) is 0 Å². The van der Waals surface area contributed by atoms with Gasteiger partial charge in [0.05, 0.1) is 0 Å². The molecule has 6 heavy (non-hydrogen) atoms. The van der Waals surface area contributed by atoms with Crippen molar-refractivity contribution in [3.05, 3.63) is 0 Å². The van der Waals surface area contributed by atoms with Gasteiger partial charge in [0.25, 0.3) is 0 Å². The van der Waals surface area contributed by atoms with Gasteiger partial charge in [0, 0.05) is 40.2 Å². The molecule has 1 heterocycles. The average molecular weight is 267 g/mol. The molecule has 1 aliphatic rings. The summed E-state index contributed by atoms with van der Waals surface area (Å²) in [5.74, 6) is 0. The van der Waals surface area contributed by atoms with E-state index >= 15 is 0 Å². The van der Waals surface area contributed by atoms with Gasteiger partial charge in [-0.25, -0.2) is 0 Å². The van der Waals surface area contributed by atoms with Crippen LogP contribution in [0.1, 0.15) is 0 Å². The maximum Gasteiger partial charge on any atom is 0.0316 e. The summed E-state index contributed by atoms with van der Waals surface area (Å²) in [5.41, 5.74) is 5.17. The minimum atomic E-state index is 0. The number of rotatable bonds is 1. The van der Waals surface area contributed by atoms with E-state index in [-0.39, 0.29) is 21.1 Å². The summed E-state index contributed by atoms with van der Waals surface area (Å²) in [4.78, 5) is 0. The number of hydrogen-bond acceptors (Lipinski definition) is 2. The summed E-state index contributed by atoms with van der Waals surface area (Å²) in [6.07, 6.45) is 0. The topological polar surface area (TPSA) is 48.0 Å². The summed E-state index contributed by atoms with van der Waals surface area (Å²) in [6, 6.07) is 0.662. The van der Waals surface area contributed by atoms with E-state index in [2.05, 4.69) is 5.32 Å². The Labute approximate surface area is 51.7 Å². The molecule has 0 aromatic carbocycles. The Kier molecular flexibility index (Phi) is 3.00. The van der Waals surface area contributed by atoms with Gasteiger partial charge in [-0.1, -0.05) is 0 Å². The van der Waals surface area contributed by atoms with Crippen molar-refractivity contribution in [2.24, 2.45) is 5.73 Å². The monoisotopic (exact) mass is 267 g/mol. The standard InChI is InChI=1S/C3H8N2.Pt/c4-1-3-2-5-3;/h3,5H,1-2,4H2;. The van der Waals surface area contributed by atoms with Crippen LogP contribution < -0.4 is 11.1 Å². The maximum absolute atomic E-state index is 5.17. The molecule has 3 heteroatoms. The number of hydrogen-bond donors (Lipinski definition) is 2. The Morgan fingerprint density at radius 1 is 1.83 bits per heavy atom. The first kappa shape index (κ1) is 6.61. The molecule has 1 saturated heterocycles. The molecule has 1 rings (SSSR count). The third-order valence-electron chi connectivity index (χ3n) is 0.777. The second-order valence-corrected chi connectivity index (χ2v) is 1.34. The fourth-order valence-corrected chi connectivity index (χ4v) is 0.250. The van der Waals surface area contributed by atoms with Gasteiger partial charge in [0.2, 0.25) is 0 Å². The minimum absolute atomic E-state index is 0. The fourth-order valence-electron chi connectivity index (χ4n) is 0.250. The summed E-state index contributed by atoms with van der Waals surface area (Å²) < 4.78 is 0. The molecule has 3 N–H and O–H groups in total. The Bertz CT molecular complexity index is 35.8. The first-order valence-corrected chi connectivity index (χ1v) is 1.87. The van der Waals surface area contributed by atoms with Gasteiger partial charge in [0.15, 0.2) is 0 Å². The van der Waals surface area contributed by atoms with Crippen molar-refractivity contribution in [1.82, 2.24) is 5.32 Å². The maximum atomic E-state index is 5.17. The largest absolute Gasteiger partial charge is 0.329 e. The van der Waals surface area contributed by atoms with Crippen LogP contribution in [0.15, 0.2) is 0 Å². The Morgan fingerprint density at radius 2 is 2.33 bits per heavy atom. The minimum Gasteiger partial charge on any atom is -0.329 e. The summed E-state index contributed by atoms with van der Waals surface area (Å²) >= 11 is 0. The molecule has 0 spiro atoms. The van der Waals surface area contributed by atoms with E-state index in [0.717, 1.165) is 13.1 Å². The van der Waals surface area contributed by atoms with Crippen molar-refractivity contribution in [1.29, 1.82) is 0 Å². The van der Waals surface area contributed by atoms with Crippen LogP contribution in [-0.2, 0) is 21.1 Å². The van der Waals surface area contributed by atoms with Gasteiger partial charge in [-0.2, -0.15) is 0 Å². The third-order valence-corrected chi connectivity index (χ3v) is 0.777. The SMILES string of the molecule is NCC1CN1.[Pt]. The van der Waals surface area contributed by atoms with E-state index in [9.17, 15) is 0 Å². The zero-order valence-corrected chi connectivity index (χ0v) is 5.66. The number of nitrogens with two attached hydrogens (primary N) is 1. The molecule has 0 aromatic rings. The quantitative estimate of drug-likeness (QED) is 0.593. The van der Waals surface area contributed by atoms with Crippen LogP contribution in [0.25, 0.3) is 0 Å². The first-order chi connectivity index (χ1) is 2.43. The van der Waals surface area contributed by atoms with Crippen molar-refractivity contribution in [2.75, 3.05) is 13.1 Å². The van der Waals surface area contributed by atoms with Crippen molar-refractivity contribution >= 4 is 0 Å². The summed E-state index contributed by atoms with van der Waals surface area (Å²) in [7, 11) is 0. The molecule has 0 bridgehead atoms. The molecule has 40 valence electrons. The van der Waals surface area contributed by atoms with E-state index in [1.54, 1.807) is 0 Å². The third kappa shape index (κ3) is 1.91. The van der Waals surface area contributed by atoms with Gasteiger partial charge in [0.1, 0.15) is 0 Å². The van der Waals surface area contributed by atoms with Crippen LogP contribution in [0, 0.1) is 0 Å². The second kappa shape index (κ2) is 2.73. The molecule has 0 amide bonds. The molecule has 0 aromatic heterocycles. The van der Waals surface area contributed by atoms with Gasteiger partial charge in [-0.05, 0) is 0 Å². The average Bonchev–Trinajstić information content (AvgIpc) is 2.12. The molecule has 0 saturated carbocycles. The van der Waals surface area contributed by atoms with Crippen LogP contribution in [0.2, 0.25) is 0 Å². The van der Waals surface area contributed by atoms with E-state index in [4.69, 9.17) is 5.73 Å². The van der Waals surface area contributed by atoms with Crippen LogP contribution in [-0.4, -0.2) is 19.1 Å². The molecular weight excluding hydrogens is 259 g/mol. The molecule has 2 nitrogen and oxygen atoms in total. The normalized spacial score (nSPS) is 28.5. The van der Waals surface area contributed by atoms with Crippen LogP contribution in [0.5, 0.6) is 0 Å². The second-order valence-electron chi connectivity index (χ2n) is 1.34. The van der Waals surface area contributed by atoms with Crippen LogP contribution >= 0.6 is 0 Å². The number of nitrogens with one attached hydrogen (secondary N) is 1. The molecule has 1 atom stereocenters. The first-order valence-electron chi connectivity index (χ1n) is 1.87. The van der Waals surface area contributed by atoms with Crippen molar-refractivity contribution in [2.45, 2.75) is 6.04 Å². The van der Waals surface area contributed by atoms with Crippen molar-refractivity contribution in [3.63, 3.8) is 0 Å². The van der Waals surface area contributed by atoms with E-state index in [1.807, 2.05) is 0 Å². The predicted octanol–water partition coefficient (Wildman–Crippen LogP) is -1.09. The van der Waals surface area contributed by atoms with E-state index in [0.29, 0.717) is 6.04 Å². The summed E-state index contributed by atoms with van der Waals surface area (Å²) in [5, 5.41) is 3.06. The Morgan fingerprint density at radius 3 is 2.33 bits per heavy atom. The zero-order chi connectivity index (χ0) is 3.70. The fraction of sp³-hybridized carbons (Fsp3) is 1.00. The smallest absolute Gasteiger partial charge is 0.0316 e. The van der Waals surface area contributed by atoms with Crippen LogP contribution in [0.3, 0.4) is 0 Å². The molecular formula is C3H8N2Pt. The van der Waals surface area contributed by atoms with E-state index in [1.165, 1.54) is 0 Å². The molecule has 1 fully saturated rings. The van der Waals surface area contributed by atoms with E-state index < -0.39 is 0 Å². The van der Waals surface area contributed by atoms with Gasteiger partial charge >= 0.3 is 0 Å². The molecule has 0 aliphatic carbocycles. The van der Waals surface area contributed by atoms with Crippen molar-refractivity contribution in [3.8, 4) is 0 Å². The van der Waals surface area contributed by atoms with Gasteiger partial charge in [-0.15, -0.1) is 0 Å². The van der Waals surface area contributed by atoms with Crippen LogP contribution in [0.4, 0.5) is 0 Å². The predicted molar refractivity (Wildman–Crippen MR) is 20.8 cm³/mol. The molecule has 1 aliphatic heterocycles.